The van der Waals surface area contributed by atoms with Crippen molar-refractivity contribution in [2.75, 3.05) is 18.5 Å². The average Bonchev–Trinajstić information content (AvgIpc) is 2.38. The topological polar surface area (TPSA) is 119 Å². The van der Waals surface area contributed by atoms with Gasteiger partial charge in [-0.3, -0.25) is 20.2 Å². The largest absolute Gasteiger partial charge is 0.396 e. The van der Waals surface area contributed by atoms with Crippen molar-refractivity contribution >= 4 is 17.1 Å². The maximum atomic E-state index is 11.0. The van der Waals surface area contributed by atoms with Gasteiger partial charge in [-0.15, -0.1) is 0 Å². The summed E-state index contributed by atoms with van der Waals surface area (Å²) in [5.41, 5.74) is -0.459. The number of non-ortho nitro benzene ring substituents is 1. The number of nitrogens with one attached hydrogen (secondary N) is 1. The van der Waals surface area contributed by atoms with Crippen LogP contribution < -0.4 is 5.32 Å². The molecule has 8 heteroatoms. The number of hydrogen-bond donors (Lipinski definition) is 2. The predicted molar refractivity (Wildman–Crippen MR) is 78.3 cm³/mol. The normalized spacial score (nSPS) is 11.2. The van der Waals surface area contributed by atoms with Gasteiger partial charge in [0.1, 0.15) is 5.69 Å². The Kier molecular flexibility index (Phi) is 5.60. The number of nitro groups is 2. The Morgan fingerprint density at radius 2 is 1.86 bits per heavy atom. The molecule has 1 aromatic carbocycles. The lowest BCUT2D eigenvalue weighted by molar-refractivity contribution is -0.393. The summed E-state index contributed by atoms with van der Waals surface area (Å²) in [6.07, 6.45) is 1.35. The smallest absolute Gasteiger partial charge is 0.299 e. The molecule has 0 aliphatic carbocycles. The van der Waals surface area contributed by atoms with E-state index in [-0.39, 0.29) is 29.1 Å². The number of aliphatic hydroxyl groups is 1. The number of nitro benzene ring substituents is 2. The number of nitrogens with zero attached hydrogens (tertiary/aromatic N) is 2. The monoisotopic (exact) mass is 297 g/mol. The Bertz CT molecular complexity index is 531. The molecule has 0 fully saturated rings. The molecule has 0 saturated heterocycles. The van der Waals surface area contributed by atoms with Gasteiger partial charge in [0, 0.05) is 19.2 Å². The molecule has 0 amide bonds. The molecule has 0 saturated carbocycles. The summed E-state index contributed by atoms with van der Waals surface area (Å²) < 4.78 is 0. The third-order valence-corrected chi connectivity index (χ3v) is 3.29. The molecule has 0 aliphatic heterocycles. The maximum absolute atomic E-state index is 11.0. The molecule has 0 heterocycles. The molecule has 1 aromatic rings. The van der Waals surface area contributed by atoms with Gasteiger partial charge in [0.25, 0.3) is 11.4 Å². The Morgan fingerprint density at radius 1 is 1.19 bits per heavy atom. The second-order valence-electron chi connectivity index (χ2n) is 5.53. The summed E-state index contributed by atoms with van der Waals surface area (Å²) >= 11 is 0. The van der Waals surface area contributed by atoms with Gasteiger partial charge in [0.15, 0.2) is 0 Å². The van der Waals surface area contributed by atoms with Gasteiger partial charge >= 0.3 is 0 Å². The lowest BCUT2D eigenvalue weighted by Gasteiger charge is -2.23. The minimum atomic E-state index is -0.666. The van der Waals surface area contributed by atoms with Crippen molar-refractivity contribution in [2.45, 2.75) is 26.7 Å². The Hall–Kier alpha value is -2.22. The first-order valence-corrected chi connectivity index (χ1v) is 6.54. The highest BCUT2D eigenvalue weighted by molar-refractivity contribution is 5.65. The molecule has 1 rings (SSSR count). The summed E-state index contributed by atoms with van der Waals surface area (Å²) in [5, 5.41) is 33.5. The molecule has 116 valence electrons. The number of aliphatic hydroxyl groups excluding tert-OH is 1. The summed E-state index contributed by atoms with van der Waals surface area (Å²) in [7, 11) is 0. The molecular formula is C13H19N3O5. The molecule has 0 radical (unpaired) electrons. The third-order valence-electron chi connectivity index (χ3n) is 3.29. The highest BCUT2D eigenvalue weighted by Gasteiger charge is 2.21. The van der Waals surface area contributed by atoms with E-state index in [4.69, 9.17) is 5.11 Å². The summed E-state index contributed by atoms with van der Waals surface area (Å²) in [6.45, 7) is 4.56. The molecule has 0 aromatic heterocycles. The van der Waals surface area contributed by atoms with Crippen molar-refractivity contribution in [3.05, 3.63) is 38.4 Å². The molecule has 0 atom stereocenters. The molecule has 8 nitrogen and oxygen atoms in total. The molecule has 0 bridgehead atoms. The first-order valence-electron chi connectivity index (χ1n) is 6.54. The van der Waals surface area contributed by atoms with Crippen LogP contribution in [0.15, 0.2) is 18.2 Å². The Labute approximate surface area is 122 Å². The van der Waals surface area contributed by atoms with Crippen molar-refractivity contribution in [3.63, 3.8) is 0 Å². The standard InChI is InChI=1S/C13H19N3O5/c1-13(2,6-8-17)5-7-14-11-4-3-10(15(18)19)9-12(11)16(20)21/h3-4,9,14,17H,5-8H2,1-2H3. The van der Waals surface area contributed by atoms with Gasteiger partial charge in [0.2, 0.25) is 0 Å². The van der Waals surface area contributed by atoms with Gasteiger partial charge < -0.3 is 10.4 Å². The maximum Gasteiger partial charge on any atom is 0.299 e. The molecule has 2 N–H and O–H groups in total. The zero-order valence-corrected chi connectivity index (χ0v) is 12.0. The number of anilines is 1. The van der Waals surface area contributed by atoms with Crippen LogP contribution in [0.3, 0.4) is 0 Å². The van der Waals surface area contributed by atoms with E-state index in [1.165, 1.54) is 12.1 Å². The molecule has 0 aliphatic rings. The third kappa shape index (κ3) is 4.99. The Morgan fingerprint density at radius 3 is 2.38 bits per heavy atom. The summed E-state index contributed by atoms with van der Waals surface area (Å²) in [6, 6.07) is 3.52. The first kappa shape index (κ1) is 16.8. The van der Waals surface area contributed by atoms with Crippen molar-refractivity contribution in [1.29, 1.82) is 0 Å². The van der Waals surface area contributed by atoms with E-state index in [1.54, 1.807) is 0 Å². The Balaban J connectivity index is 2.79. The first-order chi connectivity index (χ1) is 9.76. The van der Waals surface area contributed by atoms with E-state index in [1.807, 2.05) is 13.8 Å². The fourth-order valence-electron chi connectivity index (χ4n) is 1.90. The SMILES string of the molecule is CC(C)(CCO)CCNc1ccc([N+](=O)[O-])cc1[N+](=O)[O-]. The van der Waals surface area contributed by atoms with Crippen LogP contribution in [0.1, 0.15) is 26.7 Å². The quantitative estimate of drug-likeness (QED) is 0.562. The highest BCUT2D eigenvalue weighted by atomic mass is 16.6. The fraction of sp³-hybridized carbons (Fsp3) is 0.538. The van der Waals surface area contributed by atoms with Gasteiger partial charge in [0.05, 0.1) is 15.9 Å². The van der Waals surface area contributed by atoms with E-state index in [0.717, 1.165) is 6.07 Å². The second-order valence-corrected chi connectivity index (χ2v) is 5.53. The zero-order valence-electron chi connectivity index (χ0n) is 12.0. The average molecular weight is 297 g/mol. The van der Waals surface area contributed by atoms with Crippen LogP contribution in [-0.4, -0.2) is 28.1 Å². The van der Waals surface area contributed by atoms with Crippen LogP contribution in [-0.2, 0) is 0 Å². The van der Waals surface area contributed by atoms with E-state index in [9.17, 15) is 20.2 Å². The van der Waals surface area contributed by atoms with Crippen molar-refractivity contribution in [3.8, 4) is 0 Å². The summed E-state index contributed by atoms with van der Waals surface area (Å²) in [5.74, 6) is 0. The second kappa shape index (κ2) is 6.98. The van der Waals surface area contributed by atoms with Gasteiger partial charge in [-0.1, -0.05) is 13.8 Å². The van der Waals surface area contributed by atoms with E-state index >= 15 is 0 Å². The molecule has 0 spiro atoms. The lowest BCUT2D eigenvalue weighted by atomic mass is 9.86. The van der Waals surface area contributed by atoms with Gasteiger partial charge in [-0.2, -0.15) is 0 Å². The minimum Gasteiger partial charge on any atom is -0.396 e. The minimum absolute atomic E-state index is 0.0860. The van der Waals surface area contributed by atoms with Crippen LogP contribution in [0.4, 0.5) is 17.1 Å². The summed E-state index contributed by atoms with van der Waals surface area (Å²) in [4.78, 5) is 20.3. The van der Waals surface area contributed by atoms with Crippen LogP contribution in [0, 0.1) is 25.6 Å². The number of benzene rings is 1. The van der Waals surface area contributed by atoms with Crippen LogP contribution in [0.5, 0.6) is 0 Å². The highest BCUT2D eigenvalue weighted by Crippen LogP contribution is 2.30. The molecule has 0 unspecified atom stereocenters. The lowest BCUT2D eigenvalue weighted by Crippen LogP contribution is -2.18. The number of hydrogen-bond acceptors (Lipinski definition) is 6. The number of rotatable bonds is 8. The van der Waals surface area contributed by atoms with Crippen molar-refractivity contribution in [1.82, 2.24) is 0 Å². The van der Waals surface area contributed by atoms with Crippen LogP contribution in [0.25, 0.3) is 0 Å². The van der Waals surface area contributed by atoms with E-state index in [2.05, 4.69) is 5.32 Å². The van der Waals surface area contributed by atoms with Gasteiger partial charge in [-0.05, 0) is 24.3 Å². The molecule has 21 heavy (non-hydrogen) atoms. The van der Waals surface area contributed by atoms with Crippen LogP contribution >= 0.6 is 0 Å². The van der Waals surface area contributed by atoms with Crippen LogP contribution in [0.2, 0.25) is 0 Å². The van der Waals surface area contributed by atoms with Crippen molar-refractivity contribution < 1.29 is 15.0 Å². The van der Waals surface area contributed by atoms with Crippen molar-refractivity contribution in [2.24, 2.45) is 5.41 Å². The van der Waals surface area contributed by atoms with Gasteiger partial charge in [-0.25, -0.2) is 0 Å². The fourth-order valence-corrected chi connectivity index (χ4v) is 1.90. The zero-order chi connectivity index (χ0) is 16.0. The molecular weight excluding hydrogens is 278 g/mol. The van der Waals surface area contributed by atoms with E-state index in [0.29, 0.717) is 19.4 Å². The van der Waals surface area contributed by atoms with E-state index < -0.39 is 9.85 Å². The predicted octanol–water partition coefficient (Wildman–Crippen LogP) is 2.71.